The number of hydrogen-bond acceptors (Lipinski definition) is 0. The van der Waals surface area contributed by atoms with Crippen molar-refractivity contribution >= 4 is 0 Å². The maximum atomic E-state index is 2.24. The number of rotatable bonds is 2. The quantitative estimate of drug-likeness (QED) is 0.535. The Balaban J connectivity index is 4.70. The molecule has 0 aromatic rings. The summed E-state index contributed by atoms with van der Waals surface area (Å²) in [5.74, 6) is 0. The molecule has 0 bridgehead atoms. The summed E-state index contributed by atoms with van der Waals surface area (Å²) in [6.45, 7) is 12.8. The molecule has 0 rings (SSSR count). The van der Waals surface area contributed by atoms with Gasteiger partial charge in [0.1, 0.15) is 0 Å². The molecule has 0 saturated heterocycles. The summed E-state index contributed by atoms with van der Waals surface area (Å²) in [6.07, 6.45) is 4.38. The van der Waals surface area contributed by atoms with Gasteiger partial charge in [0, 0.05) is 0 Å². The van der Waals surface area contributed by atoms with Crippen molar-refractivity contribution in [3.63, 3.8) is 0 Å². The zero-order valence-electron chi connectivity index (χ0n) is 9.15. The molecule has 0 aromatic carbocycles. The zero-order valence-corrected chi connectivity index (χ0v) is 9.15. The summed E-state index contributed by atoms with van der Waals surface area (Å²) in [5.41, 5.74) is 5.47. The maximum Gasteiger partial charge on any atom is -0.0395 e. The monoisotopic (exact) mass is 164 g/mol. The average molecular weight is 164 g/mol. The topological polar surface area (TPSA) is 0 Å². The van der Waals surface area contributed by atoms with E-state index in [1.54, 1.807) is 0 Å². The van der Waals surface area contributed by atoms with Crippen molar-refractivity contribution in [3.05, 3.63) is 34.4 Å². The van der Waals surface area contributed by atoms with Crippen LogP contribution in [-0.2, 0) is 0 Å². The molecule has 0 amide bonds. The smallest absolute Gasteiger partial charge is 0.0395 e. The summed E-state index contributed by atoms with van der Waals surface area (Å²) < 4.78 is 0. The van der Waals surface area contributed by atoms with E-state index in [1.807, 2.05) is 0 Å². The van der Waals surface area contributed by atoms with Crippen molar-refractivity contribution in [1.29, 1.82) is 0 Å². The average Bonchev–Trinajstić information content (AvgIpc) is 2.02. The van der Waals surface area contributed by atoms with Gasteiger partial charge in [0.2, 0.25) is 0 Å². The molecule has 0 heterocycles. The zero-order chi connectivity index (χ0) is 9.72. The molecule has 0 nitrogen and oxygen atoms in total. The van der Waals surface area contributed by atoms with E-state index in [0.29, 0.717) is 0 Å². The first-order chi connectivity index (χ1) is 5.49. The third kappa shape index (κ3) is 3.56. The van der Waals surface area contributed by atoms with Crippen LogP contribution < -0.4 is 0 Å². The van der Waals surface area contributed by atoms with Crippen molar-refractivity contribution in [2.24, 2.45) is 0 Å². The summed E-state index contributed by atoms with van der Waals surface area (Å²) in [7, 11) is 0. The summed E-state index contributed by atoms with van der Waals surface area (Å²) >= 11 is 0. The molecule has 0 heteroatoms. The Morgan fingerprint density at radius 3 is 1.67 bits per heavy atom. The predicted octanol–water partition coefficient (Wildman–Crippen LogP) is 4.26. The van der Waals surface area contributed by atoms with E-state index in [2.05, 4.69) is 53.7 Å². The lowest BCUT2D eigenvalue weighted by Crippen LogP contribution is -1.81. The van der Waals surface area contributed by atoms with Gasteiger partial charge in [0.05, 0.1) is 0 Å². The standard InChI is InChI=1S/C12H20/c1-7-10(4)12(6)8-11(5)9(2)3/h7-8H,1-6H3/b10-7-,12-8-. The number of allylic oxidation sites excluding steroid dienone is 6. The van der Waals surface area contributed by atoms with Crippen LogP contribution >= 0.6 is 0 Å². The first kappa shape index (κ1) is 11.2. The van der Waals surface area contributed by atoms with Crippen molar-refractivity contribution in [1.82, 2.24) is 0 Å². The molecular weight excluding hydrogens is 144 g/mol. The van der Waals surface area contributed by atoms with Crippen LogP contribution in [0.1, 0.15) is 41.5 Å². The van der Waals surface area contributed by atoms with Gasteiger partial charge in [0.25, 0.3) is 0 Å². The molecule has 0 aromatic heterocycles. The van der Waals surface area contributed by atoms with Crippen molar-refractivity contribution in [2.75, 3.05) is 0 Å². The van der Waals surface area contributed by atoms with Crippen LogP contribution in [0, 0.1) is 0 Å². The summed E-state index contributed by atoms with van der Waals surface area (Å²) in [6, 6.07) is 0. The molecule has 0 atom stereocenters. The van der Waals surface area contributed by atoms with Gasteiger partial charge in [-0.15, -0.1) is 0 Å². The fourth-order valence-electron chi connectivity index (χ4n) is 0.811. The summed E-state index contributed by atoms with van der Waals surface area (Å²) in [5, 5.41) is 0. The van der Waals surface area contributed by atoms with E-state index in [0.717, 1.165) is 0 Å². The minimum Gasteiger partial charge on any atom is -0.0845 e. The van der Waals surface area contributed by atoms with Gasteiger partial charge in [0.15, 0.2) is 0 Å². The maximum absolute atomic E-state index is 2.24. The highest BCUT2D eigenvalue weighted by Crippen LogP contribution is 2.13. The minimum absolute atomic E-state index is 1.36. The van der Waals surface area contributed by atoms with Gasteiger partial charge >= 0.3 is 0 Å². The molecule has 0 unspecified atom stereocenters. The van der Waals surface area contributed by atoms with E-state index in [-0.39, 0.29) is 0 Å². The highest BCUT2D eigenvalue weighted by molar-refractivity contribution is 5.34. The first-order valence-corrected chi connectivity index (χ1v) is 4.44. The fourth-order valence-corrected chi connectivity index (χ4v) is 0.811. The van der Waals surface area contributed by atoms with Gasteiger partial charge < -0.3 is 0 Å². The van der Waals surface area contributed by atoms with Crippen LogP contribution in [0.2, 0.25) is 0 Å². The van der Waals surface area contributed by atoms with Gasteiger partial charge in [-0.05, 0) is 47.1 Å². The highest BCUT2D eigenvalue weighted by Gasteiger charge is 1.92. The number of hydrogen-bond donors (Lipinski definition) is 0. The molecule has 0 saturated carbocycles. The van der Waals surface area contributed by atoms with Gasteiger partial charge in [-0.2, -0.15) is 0 Å². The third-order valence-corrected chi connectivity index (χ3v) is 2.28. The molecule has 12 heavy (non-hydrogen) atoms. The Hall–Kier alpha value is -0.780. The largest absolute Gasteiger partial charge is 0.0845 e. The van der Waals surface area contributed by atoms with Crippen LogP contribution in [0.15, 0.2) is 34.4 Å². The van der Waals surface area contributed by atoms with Gasteiger partial charge in [-0.25, -0.2) is 0 Å². The second-order valence-electron chi connectivity index (χ2n) is 3.48. The Bertz CT molecular complexity index is 233. The molecule has 0 radical (unpaired) electrons. The molecule has 0 spiro atoms. The first-order valence-electron chi connectivity index (χ1n) is 4.44. The van der Waals surface area contributed by atoms with Gasteiger partial charge in [-0.3, -0.25) is 0 Å². The Morgan fingerprint density at radius 1 is 0.833 bits per heavy atom. The van der Waals surface area contributed by atoms with Crippen molar-refractivity contribution < 1.29 is 0 Å². The predicted molar refractivity (Wildman–Crippen MR) is 57.2 cm³/mol. The second-order valence-corrected chi connectivity index (χ2v) is 3.48. The minimum atomic E-state index is 1.36. The van der Waals surface area contributed by atoms with Crippen LogP contribution in [0.3, 0.4) is 0 Å². The normalized spacial score (nSPS) is 13.2. The lowest BCUT2D eigenvalue weighted by Gasteiger charge is -2.02. The van der Waals surface area contributed by atoms with Crippen molar-refractivity contribution in [3.8, 4) is 0 Å². The van der Waals surface area contributed by atoms with Crippen LogP contribution in [0.25, 0.3) is 0 Å². The van der Waals surface area contributed by atoms with E-state index < -0.39 is 0 Å². The van der Waals surface area contributed by atoms with E-state index >= 15 is 0 Å². The van der Waals surface area contributed by atoms with Crippen LogP contribution in [-0.4, -0.2) is 0 Å². The van der Waals surface area contributed by atoms with E-state index in [1.165, 1.54) is 22.3 Å². The molecule has 0 N–H and O–H groups in total. The molecule has 0 fully saturated rings. The summed E-state index contributed by atoms with van der Waals surface area (Å²) in [4.78, 5) is 0. The molecule has 0 aliphatic rings. The van der Waals surface area contributed by atoms with Gasteiger partial charge in [-0.1, -0.05) is 28.9 Å². The molecule has 0 aliphatic heterocycles. The highest BCUT2D eigenvalue weighted by atomic mass is 14.0. The lowest BCUT2D eigenvalue weighted by atomic mass is 10.0. The van der Waals surface area contributed by atoms with Crippen LogP contribution in [0.5, 0.6) is 0 Å². The Labute approximate surface area is 76.7 Å². The SMILES string of the molecule is C/C=C(C)\C(C)=C/C(C)=C(C)C. The third-order valence-electron chi connectivity index (χ3n) is 2.28. The van der Waals surface area contributed by atoms with Crippen LogP contribution in [0.4, 0.5) is 0 Å². The Morgan fingerprint density at radius 2 is 1.33 bits per heavy atom. The van der Waals surface area contributed by atoms with E-state index in [9.17, 15) is 0 Å². The fraction of sp³-hybridized carbons (Fsp3) is 0.500. The Kier molecular flexibility index (Phi) is 4.65. The molecule has 0 aliphatic carbocycles. The lowest BCUT2D eigenvalue weighted by molar-refractivity contribution is 1.25. The molecular formula is C12H20. The second kappa shape index (κ2) is 4.97. The van der Waals surface area contributed by atoms with Crippen molar-refractivity contribution in [2.45, 2.75) is 41.5 Å². The van der Waals surface area contributed by atoms with E-state index in [4.69, 9.17) is 0 Å². The molecule has 68 valence electrons.